The van der Waals surface area contributed by atoms with Crippen LogP contribution in [0.3, 0.4) is 0 Å². The molecule has 2 atom stereocenters. The lowest BCUT2D eigenvalue weighted by atomic mass is 10.1. The van der Waals surface area contributed by atoms with Gasteiger partial charge in [-0.15, -0.1) is 0 Å². The van der Waals surface area contributed by atoms with Gasteiger partial charge in [0.2, 0.25) is 0 Å². The predicted molar refractivity (Wildman–Crippen MR) is 252 cm³/mol. The fraction of sp³-hybridized carbons (Fsp3) is 0.840. The summed E-state index contributed by atoms with van der Waals surface area (Å²) in [6, 6.07) is 0. The number of rotatable bonds is 45. The molecule has 0 aliphatic carbocycles. The first-order valence-electron chi connectivity index (χ1n) is 24.7. The van der Waals surface area contributed by atoms with Crippen LogP contribution in [-0.2, 0) is 32.7 Å². The molecule has 0 bridgehead atoms. The second-order valence-corrected chi connectivity index (χ2v) is 19.3. The lowest BCUT2D eigenvalue weighted by Crippen LogP contribution is -2.37. The molecule has 1 N–H and O–H groups in total. The highest BCUT2D eigenvalue weighted by atomic mass is 31.2. The highest BCUT2D eigenvalue weighted by Gasteiger charge is 2.27. The maximum Gasteiger partial charge on any atom is 0.472 e. The van der Waals surface area contributed by atoms with Gasteiger partial charge >= 0.3 is 19.8 Å². The third kappa shape index (κ3) is 45.7. The number of hydrogen-bond acceptors (Lipinski definition) is 7. The summed E-state index contributed by atoms with van der Waals surface area (Å²) < 4.78 is 34.4. The molecule has 0 spiro atoms. The fourth-order valence-corrected chi connectivity index (χ4v) is 7.49. The standard InChI is InChI=1S/C50H94NO8P/c1-6-8-10-12-14-16-18-20-22-24-25-27-29-31-33-35-37-39-41-43-50(53)59-48(47-58-60(54,55)57-45-44-51(3,4)5)46-56-49(52)42-40-38-36-34-32-30-28-26-23-21-19-17-15-13-11-9-7-2/h15,17,20-23,48H,6-14,16,18-19,24-47H2,1-5H3/p+1/b17-15-,22-20-,23-21-/t48-/m1/s1. The van der Waals surface area contributed by atoms with E-state index in [1.165, 1.54) is 128 Å². The number of allylic oxidation sites excluding steroid dienone is 6. The van der Waals surface area contributed by atoms with Gasteiger partial charge in [-0.2, -0.15) is 0 Å². The lowest BCUT2D eigenvalue weighted by molar-refractivity contribution is -0.870. The number of unbranched alkanes of at least 4 members (excludes halogenated alkanes) is 25. The minimum Gasteiger partial charge on any atom is -0.462 e. The number of esters is 2. The van der Waals surface area contributed by atoms with E-state index in [2.05, 4.69) is 50.3 Å². The van der Waals surface area contributed by atoms with Crippen LogP contribution in [0.5, 0.6) is 0 Å². The van der Waals surface area contributed by atoms with Crippen molar-refractivity contribution in [1.82, 2.24) is 0 Å². The first kappa shape index (κ1) is 58.2. The molecule has 0 aliphatic heterocycles. The van der Waals surface area contributed by atoms with Gasteiger partial charge in [0.05, 0.1) is 27.7 Å². The van der Waals surface area contributed by atoms with E-state index in [4.69, 9.17) is 18.5 Å². The Morgan fingerprint density at radius 3 is 1.37 bits per heavy atom. The van der Waals surface area contributed by atoms with E-state index < -0.39 is 26.5 Å². The largest absolute Gasteiger partial charge is 0.472 e. The molecule has 0 radical (unpaired) electrons. The summed E-state index contributed by atoms with van der Waals surface area (Å²) in [5, 5.41) is 0. The highest BCUT2D eigenvalue weighted by Crippen LogP contribution is 2.43. The summed E-state index contributed by atoms with van der Waals surface area (Å²) in [4.78, 5) is 35.5. The van der Waals surface area contributed by atoms with Crippen LogP contribution in [-0.4, -0.2) is 74.9 Å². The molecule has 0 aromatic rings. The number of likely N-dealkylation sites (N-methyl/N-ethyl adjacent to an activating group) is 1. The quantitative estimate of drug-likeness (QED) is 0.0212. The van der Waals surface area contributed by atoms with Gasteiger partial charge in [-0.3, -0.25) is 18.6 Å². The third-order valence-electron chi connectivity index (χ3n) is 10.6. The number of quaternary nitrogens is 1. The minimum absolute atomic E-state index is 0.0302. The van der Waals surface area contributed by atoms with E-state index in [1.807, 2.05) is 21.1 Å². The van der Waals surface area contributed by atoms with Gasteiger partial charge < -0.3 is 18.9 Å². The van der Waals surface area contributed by atoms with Crippen LogP contribution in [0.2, 0.25) is 0 Å². The van der Waals surface area contributed by atoms with Crippen molar-refractivity contribution in [3.8, 4) is 0 Å². The van der Waals surface area contributed by atoms with Crippen molar-refractivity contribution in [1.29, 1.82) is 0 Å². The van der Waals surface area contributed by atoms with Crippen molar-refractivity contribution in [2.45, 2.75) is 225 Å². The summed E-state index contributed by atoms with van der Waals surface area (Å²) in [5.41, 5.74) is 0. The summed E-state index contributed by atoms with van der Waals surface area (Å²) >= 11 is 0. The maximum atomic E-state index is 12.7. The number of nitrogens with zero attached hydrogens (tertiary/aromatic N) is 1. The SMILES string of the molecule is CCCCC/C=C\C/C=C\CCCCCCCCCC(=O)OC[C@H](COP(=O)(O)OCC[N+](C)(C)C)OC(=O)CCCCCCCCCCC/C=C\CCCCCCCC. The van der Waals surface area contributed by atoms with Crippen LogP contribution < -0.4 is 0 Å². The van der Waals surface area contributed by atoms with Crippen molar-refractivity contribution in [2.24, 2.45) is 0 Å². The van der Waals surface area contributed by atoms with E-state index >= 15 is 0 Å². The molecule has 0 amide bonds. The Bertz CT molecular complexity index is 1120. The Morgan fingerprint density at radius 1 is 0.517 bits per heavy atom. The van der Waals surface area contributed by atoms with E-state index in [-0.39, 0.29) is 32.0 Å². The van der Waals surface area contributed by atoms with Crippen molar-refractivity contribution < 1.29 is 42.1 Å². The molecule has 0 heterocycles. The number of phosphoric ester groups is 1. The Balaban J connectivity index is 4.29. The van der Waals surface area contributed by atoms with Gasteiger partial charge in [-0.1, -0.05) is 172 Å². The van der Waals surface area contributed by atoms with Crippen LogP contribution in [0.25, 0.3) is 0 Å². The molecule has 0 aliphatic rings. The number of phosphoric acid groups is 1. The molecule has 1 unspecified atom stereocenters. The van der Waals surface area contributed by atoms with Gasteiger partial charge in [0.1, 0.15) is 19.8 Å². The Hall–Kier alpha value is -1.77. The molecule has 0 saturated heterocycles. The van der Waals surface area contributed by atoms with Crippen molar-refractivity contribution >= 4 is 19.8 Å². The molecular weight excluding hydrogens is 774 g/mol. The average Bonchev–Trinajstić information content (AvgIpc) is 3.20. The normalized spacial score (nSPS) is 13.8. The second-order valence-electron chi connectivity index (χ2n) is 17.8. The zero-order chi connectivity index (χ0) is 44.3. The zero-order valence-corrected chi connectivity index (χ0v) is 40.6. The third-order valence-corrected chi connectivity index (χ3v) is 11.6. The van der Waals surface area contributed by atoms with Crippen molar-refractivity contribution in [3.63, 3.8) is 0 Å². The Labute approximate surface area is 370 Å². The van der Waals surface area contributed by atoms with Crippen LogP contribution in [0.15, 0.2) is 36.5 Å². The van der Waals surface area contributed by atoms with Gasteiger partial charge in [-0.05, 0) is 70.6 Å². The van der Waals surface area contributed by atoms with E-state index in [0.717, 1.165) is 57.8 Å². The maximum absolute atomic E-state index is 12.7. The molecule has 9 nitrogen and oxygen atoms in total. The molecule has 0 saturated carbocycles. The van der Waals surface area contributed by atoms with E-state index in [1.54, 1.807) is 0 Å². The van der Waals surface area contributed by atoms with Crippen molar-refractivity contribution in [3.05, 3.63) is 36.5 Å². The Morgan fingerprint density at radius 2 is 0.900 bits per heavy atom. The summed E-state index contributed by atoms with van der Waals surface area (Å²) in [7, 11) is 1.47. The highest BCUT2D eigenvalue weighted by molar-refractivity contribution is 7.47. The molecule has 352 valence electrons. The molecule has 0 rings (SSSR count). The topological polar surface area (TPSA) is 108 Å². The molecule has 0 aromatic heterocycles. The lowest BCUT2D eigenvalue weighted by Gasteiger charge is -2.24. The fourth-order valence-electron chi connectivity index (χ4n) is 6.75. The monoisotopic (exact) mass is 869 g/mol. The number of carbonyl (C=O) groups excluding carboxylic acids is 2. The first-order chi connectivity index (χ1) is 29.0. The predicted octanol–water partition coefficient (Wildman–Crippen LogP) is 14.5. The number of ether oxygens (including phenoxy) is 2. The molecular formula is C50H95NO8P+. The van der Waals surface area contributed by atoms with E-state index in [0.29, 0.717) is 17.4 Å². The van der Waals surface area contributed by atoms with Gasteiger partial charge in [0, 0.05) is 12.8 Å². The summed E-state index contributed by atoms with van der Waals surface area (Å²) in [6.07, 6.45) is 49.0. The van der Waals surface area contributed by atoms with Crippen LogP contribution in [0, 0.1) is 0 Å². The van der Waals surface area contributed by atoms with E-state index in [9.17, 15) is 19.0 Å². The van der Waals surface area contributed by atoms with Crippen molar-refractivity contribution in [2.75, 3.05) is 47.5 Å². The Kier molecular flexibility index (Phi) is 41.3. The summed E-state index contributed by atoms with van der Waals surface area (Å²) in [5.74, 6) is -0.804. The second kappa shape index (κ2) is 42.5. The minimum atomic E-state index is -4.38. The van der Waals surface area contributed by atoms with Gasteiger partial charge in [0.15, 0.2) is 6.10 Å². The van der Waals surface area contributed by atoms with Gasteiger partial charge in [-0.25, -0.2) is 4.57 Å². The number of carbonyl (C=O) groups is 2. The summed E-state index contributed by atoms with van der Waals surface area (Å²) in [6.45, 7) is 4.40. The first-order valence-corrected chi connectivity index (χ1v) is 26.2. The zero-order valence-electron chi connectivity index (χ0n) is 39.7. The van der Waals surface area contributed by atoms with Gasteiger partial charge in [0.25, 0.3) is 0 Å². The molecule has 60 heavy (non-hydrogen) atoms. The van der Waals surface area contributed by atoms with Crippen LogP contribution in [0.1, 0.15) is 219 Å². The number of hydrogen-bond donors (Lipinski definition) is 1. The molecule has 0 aromatic carbocycles. The molecule has 10 heteroatoms. The smallest absolute Gasteiger partial charge is 0.462 e. The van der Waals surface area contributed by atoms with Crippen LogP contribution >= 0.6 is 7.82 Å². The molecule has 0 fully saturated rings. The van der Waals surface area contributed by atoms with Crippen LogP contribution in [0.4, 0.5) is 0 Å². The average molecular weight is 869 g/mol.